The Bertz CT molecular complexity index is 331. The van der Waals surface area contributed by atoms with E-state index in [1.165, 1.54) is 12.1 Å². The quantitative estimate of drug-likeness (QED) is 0.789. The zero-order valence-electron chi connectivity index (χ0n) is 9.08. The second kappa shape index (κ2) is 4.91. The fraction of sp³-hybridized carbons (Fsp3) is 0.500. The van der Waals surface area contributed by atoms with Crippen LogP contribution in [0.1, 0.15) is 12.0 Å². The minimum Gasteiger partial charge on any atom is -0.394 e. The van der Waals surface area contributed by atoms with Crippen LogP contribution in [0.5, 0.6) is 0 Å². The molecular weight excluding hydrogens is 209 g/mol. The van der Waals surface area contributed by atoms with E-state index >= 15 is 0 Å². The van der Waals surface area contributed by atoms with Gasteiger partial charge in [-0.2, -0.15) is 0 Å². The van der Waals surface area contributed by atoms with E-state index in [-0.39, 0.29) is 12.4 Å². The van der Waals surface area contributed by atoms with Crippen molar-refractivity contribution in [3.63, 3.8) is 0 Å². The third-order valence-corrected chi connectivity index (χ3v) is 2.94. The maximum atomic E-state index is 12.8. The minimum atomic E-state index is -0.593. The van der Waals surface area contributed by atoms with Gasteiger partial charge in [-0.25, -0.2) is 4.39 Å². The molecule has 0 amide bonds. The van der Waals surface area contributed by atoms with Crippen molar-refractivity contribution in [3.05, 3.63) is 35.6 Å². The molecule has 0 aliphatic carbocycles. The van der Waals surface area contributed by atoms with Crippen molar-refractivity contribution < 1.29 is 14.2 Å². The Hall–Kier alpha value is -0.970. The molecule has 0 aromatic heterocycles. The maximum absolute atomic E-state index is 12.8. The molecule has 3 nitrogen and oxygen atoms in total. The highest BCUT2D eigenvalue weighted by molar-refractivity contribution is 5.25. The Kier molecular flexibility index (Phi) is 3.53. The third kappa shape index (κ3) is 2.24. The van der Waals surface area contributed by atoms with Gasteiger partial charge in [0, 0.05) is 6.61 Å². The number of ether oxygens (including phenoxy) is 1. The van der Waals surface area contributed by atoms with Crippen LogP contribution in [0, 0.1) is 5.82 Å². The average molecular weight is 225 g/mol. The summed E-state index contributed by atoms with van der Waals surface area (Å²) >= 11 is 0. The number of rotatable bonds is 2. The number of hydrogen-bond acceptors (Lipinski definition) is 3. The van der Waals surface area contributed by atoms with E-state index in [9.17, 15) is 9.50 Å². The monoisotopic (exact) mass is 225 g/mol. The summed E-state index contributed by atoms with van der Waals surface area (Å²) in [5.74, 6) is -0.272. The topological polar surface area (TPSA) is 41.5 Å². The minimum absolute atomic E-state index is 0.0569. The van der Waals surface area contributed by atoms with Gasteiger partial charge in [-0.1, -0.05) is 12.1 Å². The number of hydrogen-bond donors (Lipinski definition) is 2. The maximum Gasteiger partial charge on any atom is 0.123 e. The van der Waals surface area contributed by atoms with Crippen LogP contribution in [0.15, 0.2) is 24.3 Å². The smallest absolute Gasteiger partial charge is 0.123 e. The average Bonchev–Trinajstić information content (AvgIpc) is 2.56. The molecule has 1 fully saturated rings. The van der Waals surface area contributed by atoms with E-state index in [1.807, 2.05) is 0 Å². The van der Waals surface area contributed by atoms with Crippen molar-refractivity contribution in [1.82, 2.24) is 5.32 Å². The molecule has 1 saturated heterocycles. The van der Waals surface area contributed by atoms with Crippen molar-refractivity contribution in [3.8, 4) is 0 Å². The molecule has 16 heavy (non-hydrogen) atoms. The van der Waals surface area contributed by atoms with Crippen LogP contribution in [0.4, 0.5) is 4.39 Å². The first-order valence-corrected chi connectivity index (χ1v) is 5.46. The molecule has 1 aliphatic rings. The Balaban J connectivity index is 2.28. The summed E-state index contributed by atoms with van der Waals surface area (Å²) < 4.78 is 18.3. The zero-order valence-corrected chi connectivity index (χ0v) is 9.08. The fourth-order valence-electron chi connectivity index (χ4n) is 1.95. The molecule has 1 aromatic rings. The summed E-state index contributed by atoms with van der Waals surface area (Å²) in [6.45, 7) is 1.83. The highest BCUT2D eigenvalue weighted by atomic mass is 19.1. The van der Waals surface area contributed by atoms with Crippen LogP contribution >= 0.6 is 0 Å². The van der Waals surface area contributed by atoms with Gasteiger partial charge in [-0.3, -0.25) is 0 Å². The lowest BCUT2D eigenvalue weighted by Crippen LogP contribution is -2.48. The molecule has 1 unspecified atom stereocenters. The second-order valence-corrected chi connectivity index (χ2v) is 4.08. The molecule has 1 atom stereocenters. The van der Waals surface area contributed by atoms with Crippen LogP contribution in [-0.2, 0) is 10.3 Å². The predicted octanol–water partition coefficient (Wildman–Crippen LogP) is 1.02. The van der Waals surface area contributed by atoms with Gasteiger partial charge in [-0.05, 0) is 30.7 Å². The highest BCUT2D eigenvalue weighted by Crippen LogP contribution is 2.23. The summed E-state index contributed by atoms with van der Waals surface area (Å²) in [5.41, 5.74) is 0.266. The molecule has 0 saturated carbocycles. The van der Waals surface area contributed by atoms with E-state index in [0.717, 1.165) is 18.5 Å². The second-order valence-electron chi connectivity index (χ2n) is 4.08. The molecule has 0 spiro atoms. The SMILES string of the molecule is OCC1(c2ccc(F)cc2)COCCCN1. The Morgan fingerprint density at radius 2 is 2.12 bits per heavy atom. The highest BCUT2D eigenvalue weighted by Gasteiger charge is 2.32. The number of halogens is 1. The Morgan fingerprint density at radius 1 is 1.38 bits per heavy atom. The third-order valence-electron chi connectivity index (χ3n) is 2.94. The van der Waals surface area contributed by atoms with E-state index < -0.39 is 5.54 Å². The molecule has 0 bridgehead atoms. The predicted molar refractivity (Wildman–Crippen MR) is 58.6 cm³/mol. The molecule has 88 valence electrons. The lowest BCUT2D eigenvalue weighted by Gasteiger charge is -2.31. The summed E-state index contributed by atoms with van der Waals surface area (Å²) in [6.07, 6.45) is 0.920. The molecule has 1 aliphatic heterocycles. The van der Waals surface area contributed by atoms with Gasteiger partial charge in [0.25, 0.3) is 0 Å². The van der Waals surface area contributed by atoms with Crippen LogP contribution in [0.3, 0.4) is 0 Å². The molecule has 1 aromatic carbocycles. The number of nitrogens with one attached hydrogen (secondary N) is 1. The summed E-state index contributed by atoms with van der Waals surface area (Å²) in [6, 6.07) is 6.18. The van der Waals surface area contributed by atoms with Gasteiger partial charge in [-0.15, -0.1) is 0 Å². The first kappa shape index (κ1) is 11.5. The van der Waals surface area contributed by atoms with E-state index in [2.05, 4.69) is 5.32 Å². The van der Waals surface area contributed by atoms with Gasteiger partial charge in [0.2, 0.25) is 0 Å². The van der Waals surface area contributed by atoms with Crippen molar-refractivity contribution in [2.45, 2.75) is 12.0 Å². The molecule has 2 N–H and O–H groups in total. The van der Waals surface area contributed by atoms with Crippen LogP contribution in [0.2, 0.25) is 0 Å². The normalized spacial score (nSPS) is 26.4. The molecule has 2 rings (SSSR count). The van der Waals surface area contributed by atoms with Crippen LogP contribution < -0.4 is 5.32 Å². The summed E-state index contributed by atoms with van der Waals surface area (Å²) in [4.78, 5) is 0. The van der Waals surface area contributed by atoms with Crippen molar-refractivity contribution in [2.75, 3.05) is 26.4 Å². The standard InChI is InChI=1S/C12H16FNO2/c13-11-4-2-10(3-5-11)12(8-15)9-16-7-1-6-14-12/h2-5,14-15H,1,6-9H2. The van der Waals surface area contributed by atoms with Gasteiger partial charge >= 0.3 is 0 Å². The fourth-order valence-corrected chi connectivity index (χ4v) is 1.95. The van der Waals surface area contributed by atoms with E-state index in [4.69, 9.17) is 4.74 Å². The molecule has 1 heterocycles. The largest absolute Gasteiger partial charge is 0.394 e. The van der Waals surface area contributed by atoms with Crippen LogP contribution in [-0.4, -0.2) is 31.5 Å². The first-order chi connectivity index (χ1) is 7.77. The number of benzene rings is 1. The van der Waals surface area contributed by atoms with Crippen LogP contribution in [0.25, 0.3) is 0 Å². The summed E-state index contributed by atoms with van der Waals surface area (Å²) in [7, 11) is 0. The molecule has 0 radical (unpaired) electrons. The lowest BCUT2D eigenvalue weighted by atomic mass is 9.91. The number of aliphatic hydroxyl groups is 1. The van der Waals surface area contributed by atoms with Gasteiger partial charge in [0.05, 0.1) is 18.8 Å². The Morgan fingerprint density at radius 3 is 2.81 bits per heavy atom. The molecule has 4 heteroatoms. The van der Waals surface area contributed by atoms with Crippen molar-refractivity contribution >= 4 is 0 Å². The summed E-state index contributed by atoms with van der Waals surface area (Å²) in [5, 5.41) is 12.8. The Labute approximate surface area is 94.2 Å². The van der Waals surface area contributed by atoms with Gasteiger partial charge in [0.15, 0.2) is 0 Å². The molecular formula is C12H16FNO2. The number of aliphatic hydroxyl groups excluding tert-OH is 1. The van der Waals surface area contributed by atoms with E-state index in [1.54, 1.807) is 12.1 Å². The van der Waals surface area contributed by atoms with Crippen molar-refractivity contribution in [2.24, 2.45) is 0 Å². The lowest BCUT2D eigenvalue weighted by molar-refractivity contribution is 0.0551. The van der Waals surface area contributed by atoms with Crippen molar-refractivity contribution in [1.29, 1.82) is 0 Å². The zero-order chi connectivity index (χ0) is 11.4. The van der Waals surface area contributed by atoms with Gasteiger partial charge in [0.1, 0.15) is 5.82 Å². The van der Waals surface area contributed by atoms with E-state index in [0.29, 0.717) is 13.2 Å². The van der Waals surface area contributed by atoms with Gasteiger partial charge < -0.3 is 15.2 Å². The first-order valence-electron chi connectivity index (χ1n) is 5.46.